The first-order valence-electron chi connectivity index (χ1n) is 4.79. The highest BCUT2D eigenvalue weighted by molar-refractivity contribution is 5.44. The molecule has 1 aromatic rings. The van der Waals surface area contributed by atoms with Gasteiger partial charge in [0.15, 0.2) is 0 Å². The lowest BCUT2D eigenvalue weighted by Gasteiger charge is -2.08. The molecule has 2 nitrogen and oxygen atoms in total. The molecule has 14 heavy (non-hydrogen) atoms. The molecule has 0 radical (unpaired) electrons. The summed E-state index contributed by atoms with van der Waals surface area (Å²) in [6.07, 6.45) is 0.969. The van der Waals surface area contributed by atoms with Crippen molar-refractivity contribution in [3.63, 3.8) is 0 Å². The highest BCUT2D eigenvalue weighted by Gasteiger charge is 2.53. The van der Waals surface area contributed by atoms with Gasteiger partial charge in [0.25, 0.3) is 0 Å². The number of hydrogen-bond donors (Lipinski definition) is 0. The molecule has 0 bridgehead atoms. The van der Waals surface area contributed by atoms with Crippen LogP contribution in [0.25, 0.3) is 0 Å². The third-order valence-electron chi connectivity index (χ3n) is 3.09. The number of hydrogen-bond acceptors (Lipinski definition) is 2. The van der Waals surface area contributed by atoms with Gasteiger partial charge in [0.2, 0.25) is 0 Å². The molecule has 1 aliphatic rings. The van der Waals surface area contributed by atoms with Gasteiger partial charge in [0, 0.05) is 0 Å². The Morgan fingerprint density at radius 2 is 2.29 bits per heavy atom. The molecule has 2 heteroatoms. The molecule has 0 N–H and O–H groups in total. The van der Waals surface area contributed by atoms with E-state index in [1.54, 1.807) is 7.11 Å². The van der Waals surface area contributed by atoms with Gasteiger partial charge in [-0.25, -0.2) is 0 Å². The molecule has 0 spiro atoms. The van der Waals surface area contributed by atoms with Gasteiger partial charge in [0.05, 0.1) is 18.6 Å². The van der Waals surface area contributed by atoms with Crippen LogP contribution >= 0.6 is 0 Å². The lowest BCUT2D eigenvalue weighted by Crippen LogP contribution is -2.05. The third kappa shape index (κ3) is 1.17. The fourth-order valence-corrected chi connectivity index (χ4v) is 1.95. The van der Waals surface area contributed by atoms with E-state index in [-0.39, 0.29) is 5.41 Å². The van der Waals surface area contributed by atoms with Gasteiger partial charge in [-0.2, -0.15) is 5.26 Å². The first kappa shape index (κ1) is 9.08. The molecule has 2 rings (SSSR count). The van der Waals surface area contributed by atoms with Crippen molar-refractivity contribution in [2.75, 3.05) is 7.11 Å². The Bertz CT molecular complexity index is 394. The van der Waals surface area contributed by atoms with Gasteiger partial charge in [-0.15, -0.1) is 0 Å². The number of methoxy groups -OCH3 is 1. The van der Waals surface area contributed by atoms with Crippen LogP contribution in [0.5, 0.6) is 5.75 Å². The fraction of sp³-hybridized carbons (Fsp3) is 0.417. The van der Waals surface area contributed by atoms with E-state index in [0.717, 1.165) is 17.7 Å². The summed E-state index contributed by atoms with van der Waals surface area (Å²) in [5.74, 6) is 1.30. The van der Waals surface area contributed by atoms with Crippen molar-refractivity contribution in [2.45, 2.75) is 18.8 Å². The summed E-state index contributed by atoms with van der Waals surface area (Å²) in [4.78, 5) is 0. The number of rotatable bonds is 2. The van der Waals surface area contributed by atoms with Gasteiger partial charge < -0.3 is 4.74 Å². The zero-order chi connectivity index (χ0) is 10.2. The molecule has 2 unspecified atom stereocenters. The van der Waals surface area contributed by atoms with Crippen LogP contribution < -0.4 is 4.74 Å². The van der Waals surface area contributed by atoms with E-state index in [1.807, 2.05) is 24.3 Å². The van der Waals surface area contributed by atoms with Crippen LogP contribution in [0.3, 0.4) is 0 Å². The molecule has 72 valence electrons. The molecule has 0 aliphatic heterocycles. The Morgan fingerprint density at radius 1 is 1.57 bits per heavy atom. The maximum Gasteiger partial charge on any atom is 0.119 e. The largest absolute Gasteiger partial charge is 0.497 e. The van der Waals surface area contributed by atoms with E-state index < -0.39 is 0 Å². The Morgan fingerprint density at radius 3 is 2.79 bits per heavy atom. The van der Waals surface area contributed by atoms with E-state index in [0.29, 0.717) is 5.92 Å². The smallest absolute Gasteiger partial charge is 0.119 e. The van der Waals surface area contributed by atoms with Gasteiger partial charge in [-0.3, -0.25) is 0 Å². The zero-order valence-electron chi connectivity index (χ0n) is 8.45. The van der Waals surface area contributed by atoms with Crippen molar-refractivity contribution < 1.29 is 4.74 Å². The summed E-state index contributed by atoms with van der Waals surface area (Å²) >= 11 is 0. The molecule has 0 saturated heterocycles. The standard InChI is InChI=1S/C12H13NO/c1-9-7-12(9,8-13)10-4-3-5-11(6-10)14-2/h3-6,9H,7H2,1-2H3. The number of benzene rings is 1. The second-order valence-corrected chi connectivity index (χ2v) is 3.92. The van der Waals surface area contributed by atoms with Crippen molar-refractivity contribution >= 4 is 0 Å². The van der Waals surface area contributed by atoms with Crippen LogP contribution in [0.15, 0.2) is 24.3 Å². The maximum atomic E-state index is 9.15. The highest BCUT2D eigenvalue weighted by atomic mass is 16.5. The second kappa shape index (κ2) is 3.02. The SMILES string of the molecule is COc1cccc(C2(C#N)CC2C)c1. The average molecular weight is 187 g/mol. The predicted molar refractivity (Wildman–Crippen MR) is 54.1 cm³/mol. The van der Waals surface area contributed by atoms with Crippen molar-refractivity contribution in [2.24, 2.45) is 5.92 Å². The summed E-state index contributed by atoms with van der Waals surface area (Å²) in [5.41, 5.74) is 0.848. The van der Waals surface area contributed by atoms with E-state index in [4.69, 9.17) is 10.00 Å². The number of ether oxygens (including phenoxy) is 1. The van der Waals surface area contributed by atoms with Crippen LogP contribution in [-0.2, 0) is 5.41 Å². The molecule has 1 saturated carbocycles. The van der Waals surface area contributed by atoms with Gasteiger partial charge in [0.1, 0.15) is 5.75 Å². The first-order valence-corrected chi connectivity index (χ1v) is 4.79. The fourth-order valence-electron chi connectivity index (χ4n) is 1.95. The monoisotopic (exact) mass is 187 g/mol. The Hall–Kier alpha value is -1.49. The van der Waals surface area contributed by atoms with Crippen molar-refractivity contribution in [3.8, 4) is 11.8 Å². The lowest BCUT2D eigenvalue weighted by atomic mass is 9.95. The second-order valence-electron chi connectivity index (χ2n) is 3.92. The molecular formula is C12H13NO. The van der Waals surface area contributed by atoms with E-state index in [2.05, 4.69) is 13.0 Å². The molecule has 0 aromatic heterocycles. The summed E-state index contributed by atoms with van der Waals surface area (Å²) < 4.78 is 5.15. The van der Waals surface area contributed by atoms with Crippen LogP contribution in [-0.4, -0.2) is 7.11 Å². The molecule has 2 atom stereocenters. The normalized spacial score (nSPS) is 29.4. The molecule has 0 heterocycles. The number of nitriles is 1. The molecule has 1 aliphatic carbocycles. The minimum atomic E-state index is -0.242. The Balaban J connectivity index is 2.38. The van der Waals surface area contributed by atoms with E-state index in [1.165, 1.54) is 0 Å². The molecule has 1 fully saturated rings. The summed E-state index contributed by atoms with van der Waals surface area (Å²) in [6.45, 7) is 2.11. The quantitative estimate of drug-likeness (QED) is 0.712. The van der Waals surface area contributed by atoms with Crippen LogP contribution in [0.1, 0.15) is 18.9 Å². The van der Waals surface area contributed by atoms with E-state index >= 15 is 0 Å². The minimum Gasteiger partial charge on any atom is -0.497 e. The first-order chi connectivity index (χ1) is 6.73. The Kier molecular flexibility index (Phi) is 1.96. The topological polar surface area (TPSA) is 33.0 Å². The lowest BCUT2D eigenvalue weighted by molar-refractivity contribution is 0.414. The van der Waals surface area contributed by atoms with Crippen molar-refractivity contribution in [3.05, 3.63) is 29.8 Å². The summed E-state index contributed by atoms with van der Waals surface area (Å²) in [6, 6.07) is 10.2. The van der Waals surface area contributed by atoms with Gasteiger partial charge >= 0.3 is 0 Å². The Labute approximate surface area is 84.1 Å². The van der Waals surface area contributed by atoms with Crippen molar-refractivity contribution in [1.82, 2.24) is 0 Å². The average Bonchev–Trinajstić information content (AvgIpc) is 2.91. The molecular weight excluding hydrogens is 174 g/mol. The molecule has 0 amide bonds. The predicted octanol–water partition coefficient (Wildman–Crippen LogP) is 2.50. The summed E-state index contributed by atoms with van der Waals surface area (Å²) in [5, 5.41) is 9.15. The highest BCUT2D eigenvalue weighted by Crippen LogP contribution is 2.53. The van der Waals surface area contributed by atoms with Crippen LogP contribution in [0, 0.1) is 17.2 Å². The van der Waals surface area contributed by atoms with Crippen molar-refractivity contribution in [1.29, 1.82) is 5.26 Å². The summed E-state index contributed by atoms with van der Waals surface area (Å²) in [7, 11) is 1.65. The van der Waals surface area contributed by atoms with Gasteiger partial charge in [-0.1, -0.05) is 19.1 Å². The van der Waals surface area contributed by atoms with Crippen LogP contribution in [0.2, 0.25) is 0 Å². The van der Waals surface area contributed by atoms with Gasteiger partial charge in [-0.05, 0) is 30.0 Å². The molecule has 1 aromatic carbocycles. The minimum absolute atomic E-state index is 0.242. The zero-order valence-corrected chi connectivity index (χ0v) is 8.45. The maximum absolute atomic E-state index is 9.15. The van der Waals surface area contributed by atoms with Crippen LogP contribution in [0.4, 0.5) is 0 Å². The van der Waals surface area contributed by atoms with E-state index in [9.17, 15) is 0 Å². The third-order valence-corrected chi connectivity index (χ3v) is 3.09. The number of nitrogens with zero attached hydrogens (tertiary/aromatic N) is 1.